The molecule has 0 fully saturated rings. The average Bonchev–Trinajstić information content (AvgIpc) is 2.99. The smallest absolute Gasteiger partial charge is 0.305 e. The fourth-order valence-corrected chi connectivity index (χ4v) is 6.17. The van der Waals surface area contributed by atoms with Gasteiger partial charge in [0.2, 0.25) is 0 Å². The molecule has 0 saturated carbocycles. The maximum absolute atomic E-state index is 11.9. The standard InChI is InChI=1S/C37H58N2O2/c1-4-6-29-38-33-24-15-17-26-35(33)39(36-27-18-16-25-34(36)38)30-20-12-10-8-7-9-11-13-21-31-41-37(40)28-19-14-23-32(3)22-5-2/h15-18,24-27,32H,4-14,19-23,28-31H2,1-3H3. The SMILES string of the molecule is CCCCN1c2ccccc2N(CCCCCCCCCCCOC(=O)CCCCC(C)CCC)c2ccccc21. The molecule has 0 spiro atoms. The number of carbonyl (C=O) groups is 1. The van der Waals surface area contributed by atoms with E-state index in [2.05, 4.69) is 79.1 Å². The van der Waals surface area contributed by atoms with Gasteiger partial charge in [-0.25, -0.2) is 0 Å². The van der Waals surface area contributed by atoms with E-state index in [1.54, 1.807) is 0 Å². The first-order valence-corrected chi connectivity index (χ1v) is 17.0. The zero-order valence-corrected chi connectivity index (χ0v) is 26.5. The number of unbranched alkanes of at least 4 members (excludes halogenated alkanes) is 10. The highest BCUT2D eigenvalue weighted by Crippen LogP contribution is 2.47. The van der Waals surface area contributed by atoms with Crippen molar-refractivity contribution in [2.45, 2.75) is 130 Å². The molecule has 0 aliphatic carbocycles. The Balaban J connectivity index is 1.23. The first-order chi connectivity index (χ1) is 20.2. The van der Waals surface area contributed by atoms with E-state index in [-0.39, 0.29) is 5.97 Å². The number of carbonyl (C=O) groups excluding carboxylic acids is 1. The highest BCUT2D eigenvalue weighted by Gasteiger charge is 2.27. The van der Waals surface area contributed by atoms with Gasteiger partial charge in [0.05, 0.1) is 29.4 Å². The van der Waals surface area contributed by atoms with Crippen molar-refractivity contribution < 1.29 is 9.53 Å². The number of hydrogen-bond acceptors (Lipinski definition) is 4. The van der Waals surface area contributed by atoms with Crippen LogP contribution in [-0.2, 0) is 9.53 Å². The maximum Gasteiger partial charge on any atom is 0.305 e. The zero-order chi connectivity index (χ0) is 29.1. The van der Waals surface area contributed by atoms with Crippen molar-refractivity contribution in [2.75, 3.05) is 29.5 Å². The number of esters is 1. The Labute approximate surface area is 251 Å². The predicted molar refractivity (Wildman–Crippen MR) is 177 cm³/mol. The van der Waals surface area contributed by atoms with Gasteiger partial charge in [-0.15, -0.1) is 0 Å². The van der Waals surface area contributed by atoms with Gasteiger partial charge in [-0.3, -0.25) is 4.79 Å². The van der Waals surface area contributed by atoms with E-state index in [1.165, 1.54) is 106 Å². The zero-order valence-electron chi connectivity index (χ0n) is 26.5. The molecular formula is C37H58N2O2. The van der Waals surface area contributed by atoms with Gasteiger partial charge in [0.25, 0.3) is 0 Å². The van der Waals surface area contributed by atoms with Crippen LogP contribution in [0, 0.1) is 5.92 Å². The fraction of sp³-hybridized carbons (Fsp3) is 0.649. The molecule has 4 nitrogen and oxygen atoms in total. The Hall–Kier alpha value is -2.49. The van der Waals surface area contributed by atoms with Crippen molar-refractivity contribution in [3.05, 3.63) is 48.5 Å². The van der Waals surface area contributed by atoms with Gasteiger partial charge in [0.1, 0.15) is 0 Å². The maximum atomic E-state index is 11.9. The molecule has 0 saturated heterocycles. The molecule has 1 heterocycles. The second kappa shape index (κ2) is 19.6. The van der Waals surface area contributed by atoms with Gasteiger partial charge < -0.3 is 14.5 Å². The van der Waals surface area contributed by atoms with Crippen molar-refractivity contribution in [1.29, 1.82) is 0 Å². The van der Waals surface area contributed by atoms with Crippen LogP contribution in [-0.4, -0.2) is 25.7 Å². The van der Waals surface area contributed by atoms with Crippen LogP contribution in [0.1, 0.15) is 130 Å². The van der Waals surface area contributed by atoms with Crippen LogP contribution in [0.5, 0.6) is 0 Å². The van der Waals surface area contributed by atoms with Gasteiger partial charge in [-0.05, 0) is 55.9 Å². The number of fused-ring (bicyclic) bond motifs is 2. The first-order valence-electron chi connectivity index (χ1n) is 17.0. The van der Waals surface area contributed by atoms with E-state index in [9.17, 15) is 4.79 Å². The molecule has 0 amide bonds. The lowest BCUT2D eigenvalue weighted by Crippen LogP contribution is -2.30. The largest absolute Gasteiger partial charge is 0.466 e. The van der Waals surface area contributed by atoms with Crippen LogP contribution in [0.25, 0.3) is 0 Å². The van der Waals surface area contributed by atoms with Gasteiger partial charge in [0.15, 0.2) is 0 Å². The number of para-hydroxylation sites is 4. The number of nitrogens with zero attached hydrogens (tertiary/aromatic N) is 2. The van der Waals surface area contributed by atoms with E-state index in [0.717, 1.165) is 38.3 Å². The van der Waals surface area contributed by atoms with Crippen LogP contribution >= 0.6 is 0 Å². The summed E-state index contributed by atoms with van der Waals surface area (Å²) in [6.45, 7) is 9.58. The highest BCUT2D eigenvalue weighted by atomic mass is 16.5. The Morgan fingerprint density at radius 3 is 1.61 bits per heavy atom. The molecule has 2 aromatic rings. The summed E-state index contributed by atoms with van der Waals surface area (Å²) in [4.78, 5) is 17.0. The van der Waals surface area contributed by atoms with Crippen molar-refractivity contribution in [3.63, 3.8) is 0 Å². The Morgan fingerprint density at radius 1 is 0.610 bits per heavy atom. The Bertz CT molecular complexity index is 943. The number of hydrogen-bond donors (Lipinski definition) is 0. The van der Waals surface area contributed by atoms with Crippen molar-refractivity contribution in [1.82, 2.24) is 0 Å². The summed E-state index contributed by atoms with van der Waals surface area (Å²) < 4.78 is 5.44. The van der Waals surface area contributed by atoms with E-state index < -0.39 is 0 Å². The number of ether oxygens (including phenoxy) is 1. The van der Waals surface area contributed by atoms with Gasteiger partial charge >= 0.3 is 5.97 Å². The van der Waals surface area contributed by atoms with Crippen LogP contribution in [0.15, 0.2) is 48.5 Å². The van der Waals surface area contributed by atoms with E-state index in [0.29, 0.717) is 13.0 Å². The van der Waals surface area contributed by atoms with E-state index >= 15 is 0 Å². The Morgan fingerprint density at radius 2 is 1.10 bits per heavy atom. The molecule has 41 heavy (non-hydrogen) atoms. The normalized spacial score (nSPS) is 13.1. The molecule has 1 aliphatic heterocycles. The average molecular weight is 563 g/mol. The quantitative estimate of drug-likeness (QED) is 0.106. The van der Waals surface area contributed by atoms with Gasteiger partial charge in [-0.2, -0.15) is 0 Å². The second-order valence-corrected chi connectivity index (χ2v) is 12.2. The lowest BCUT2D eigenvalue weighted by Gasteiger charge is -2.40. The second-order valence-electron chi connectivity index (χ2n) is 12.2. The van der Waals surface area contributed by atoms with Crippen LogP contribution < -0.4 is 9.80 Å². The summed E-state index contributed by atoms with van der Waals surface area (Å²) in [5.74, 6) is 0.785. The molecule has 4 heteroatoms. The van der Waals surface area contributed by atoms with Crippen LogP contribution in [0.4, 0.5) is 22.7 Å². The molecule has 0 bridgehead atoms. The van der Waals surface area contributed by atoms with Crippen LogP contribution in [0.2, 0.25) is 0 Å². The molecule has 0 aromatic heterocycles. The minimum atomic E-state index is -0.00139. The third kappa shape index (κ3) is 11.4. The summed E-state index contributed by atoms with van der Waals surface area (Å²) in [6, 6.07) is 17.9. The third-order valence-electron chi connectivity index (χ3n) is 8.56. The number of anilines is 4. The van der Waals surface area contributed by atoms with Gasteiger partial charge in [0, 0.05) is 19.5 Å². The molecular weight excluding hydrogens is 504 g/mol. The summed E-state index contributed by atoms with van der Waals surface area (Å²) in [6.07, 6.45) is 20.1. The molecule has 1 unspecified atom stereocenters. The minimum Gasteiger partial charge on any atom is -0.466 e. The molecule has 0 radical (unpaired) electrons. The van der Waals surface area contributed by atoms with E-state index in [1.807, 2.05) is 0 Å². The summed E-state index contributed by atoms with van der Waals surface area (Å²) >= 11 is 0. The monoisotopic (exact) mass is 562 g/mol. The van der Waals surface area contributed by atoms with Gasteiger partial charge in [-0.1, -0.05) is 122 Å². The van der Waals surface area contributed by atoms with E-state index in [4.69, 9.17) is 4.74 Å². The topological polar surface area (TPSA) is 32.8 Å². The summed E-state index contributed by atoms with van der Waals surface area (Å²) in [7, 11) is 0. The third-order valence-corrected chi connectivity index (χ3v) is 8.56. The molecule has 3 rings (SSSR count). The molecule has 1 atom stereocenters. The van der Waals surface area contributed by atoms with Crippen molar-refractivity contribution >= 4 is 28.7 Å². The molecule has 1 aliphatic rings. The molecule has 228 valence electrons. The fourth-order valence-electron chi connectivity index (χ4n) is 6.17. The van der Waals surface area contributed by atoms with Crippen molar-refractivity contribution in [3.8, 4) is 0 Å². The number of rotatable bonds is 22. The number of benzene rings is 2. The molecule has 0 N–H and O–H groups in total. The Kier molecular flexibility index (Phi) is 15.8. The lowest BCUT2D eigenvalue weighted by atomic mass is 9.99. The minimum absolute atomic E-state index is 0.00139. The predicted octanol–water partition coefficient (Wildman–Crippen LogP) is 11.1. The molecule has 2 aromatic carbocycles. The van der Waals surface area contributed by atoms with Crippen molar-refractivity contribution in [2.24, 2.45) is 5.92 Å². The summed E-state index contributed by atoms with van der Waals surface area (Å²) in [5, 5.41) is 0. The lowest BCUT2D eigenvalue weighted by molar-refractivity contribution is -0.143. The van der Waals surface area contributed by atoms with Crippen LogP contribution in [0.3, 0.4) is 0 Å². The highest BCUT2D eigenvalue weighted by molar-refractivity contribution is 5.93. The first kappa shape index (κ1) is 33.0. The summed E-state index contributed by atoms with van der Waals surface area (Å²) in [5.41, 5.74) is 5.40.